The summed E-state index contributed by atoms with van der Waals surface area (Å²) in [5, 5.41) is 7.18. The minimum Gasteiger partial charge on any atom is -0.371 e. The van der Waals surface area contributed by atoms with Crippen LogP contribution < -0.4 is 15.5 Å². The van der Waals surface area contributed by atoms with Crippen molar-refractivity contribution in [3.05, 3.63) is 30.3 Å². The van der Waals surface area contributed by atoms with Gasteiger partial charge in [0.1, 0.15) is 0 Å². The highest BCUT2D eigenvalue weighted by Gasteiger charge is 2.21. The van der Waals surface area contributed by atoms with Crippen molar-refractivity contribution < 1.29 is 0 Å². The molecule has 0 aromatic heterocycles. The molecule has 2 saturated heterocycles. The largest absolute Gasteiger partial charge is 0.371 e. The van der Waals surface area contributed by atoms with Crippen LogP contribution in [0.3, 0.4) is 0 Å². The van der Waals surface area contributed by atoms with Crippen molar-refractivity contribution in [2.45, 2.75) is 45.1 Å². The van der Waals surface area contributed by atoms with Gasteiger partial charge < -0.3 is 20.4 Å². The van der Waals surface area contributed by atoms with Gasteiger partial charge in [-0.05, 0) is 69.8 Å². The summed E-state index contributed by atoms with van der Waals surface area (Å²) in [6.45, 7) is 9.25. The van der Waals surface area contributed by atoms with Gasteiger partial charge in [0.05, 0.1) is 0 Å². The van der Waals surface area contributed by atoms with Gasteiger partial charge >= 0.3 is 0 Å². The Bertz CT molecular complexity index is 557. The molecule has 0 atom stereocenters. The van der Waals surface area contributed by atoms with Crippen LogP contribution in [-0.4, -0.2) is 63.2 Å². The van der Waals surface area contributed by atoms with Crippen molar-refractivity contribution in [2.24, 2.45) is 10.9 Å². The minimum absolute atomic E-state index is 0.518. The molecular weight excluding hydrogens is 334 g/mol. The van der Waals surface area contributed by atoms with Gasteiger partial charge in [-0.3, -0.25) is 4.99 Å². The van der Waals surface area contributed by atoms with E-state index in [1.54, 1.807) is 0 Å². The van der Waals surface area contributed by atoms with Crippen LogP contribution in [0.25, 0.3) is 0 Å². The number of para-hydroxylation sites is 1. The molecule has 5 nitrogen and oxygen atoms in total. The molecule has 1 aromatic carbocycles. The Balaban J connectivity index is 1.34. The Morgan fingerprint density at radius 2 is 1.74 bits per heavy atom. The van der Waals surface area contributed by atoms with Crippen molar-refractivity contribution in [1.82, 2.24) is 15.5 Å². The SMILES string of the molecule is CCN1CCC(CCNC(=NC)NC2CCN(c3ccccc3)CC2)CC1. The molecule has 0 bridgehead atoms. The molecule has 2 fully saturated rings. The second-order valence-corrected chi connectivity index (χ2v) is 7.91. The molecular formula is C22H37N5. The van der Waals surface area contributed by atoms with E-state index in [2.05, 4.69) is 62.7 Å². The maximum atomic E-state index is 4.44. The van der Waals surface area contributed by atoms with Crippen LogP contribution in [0.2, 0.25) is 0 Å². The Kier molecular flexibility index (Phi) is 7.81. The lowest BCUT2D eigenvalue weighted by atomic mass is 9.93. The summed E-state index contributed by atoms with van der Waals surface area (Å²) < 4.78 is 0. The number of benzene rings is 1. The molecule has 150 valence electrons. The predicted octanol–water partition coefficient (Wildman–Crippen LogP) is 2.94. The Labute approximate surface area is 165 Å². The topological polar surface area (TPSA) is 42.9 Å². The summed E-state index contributed by atoms with van der Waals surface area (Å²) >= 11 is 0. The fraction of sp³-hybridized carbons (Fsp3) is 0.682. The highest BCUT2D eigenvalue weighted by atomic mass is 15.2. The van der Waals surface area contributed by atoms with Gasteiger partial charge in [0.25, 0.3) is 0 Å². The third-order valence-electron chi connectivity index (χ3n) is 6.18. The second kappa shape index (κ2) is 10.5. The number of anilines is 1. The van der Waals surface area contributed by atoms with E-state index in [0.717, 1.165) is 44.4 Å². The van der Waals surface area contributed by atoms with Gasteiger partial charge in [-0.15, -0.1) is 0 Å². The highest BCUT2D eigenvalue weighted by Crippen LogP contribution is 2.20. The van der Waals surface area contributed by atoms with E-state index in [1.165, 1.54) is 44.6 Å². The third-order valence-corrected chi connectivity index (χ3v) is 6.18. The van der Waals surface area contributed by atoms with E-state index in [4.69, 9.17) is 0 Å². The zero-order chi connectivity index (χ0) is 18.9. The average molecular weight is 372 g/mol. The first-order valence-corrected chi connectivity index (χ1v) is 10.8. The number of hydrogen-bond acceptors (Lipinski definition) is 3. The van der Waals surface area contributed by atoms with E-state index in [9.17, 15) is 0 Å². The van der Waals surface area contributed by atoms with Crippen LogP contribution in [-0.2, 0) is 0 Å². The molecule has 0 amide bonds. The predicted molar refractivity (Wildman–Crippen MR) is 116 cm³/mol. The van der Waals surface area contributed by atoms with Crippen LogP contribution in [0, 0.1) is 5.92 Å². The lowest BCUT2D eigenvalue weighted by Crippen LogP contribution is -2.49. The first kappa shape index (κ1) is 20.0. The molecule has 2 heterocycles. The van der Waals surface area contributed by atoms with E-state index < -0.39 is 0 Å². The molecule has 2 aliphatic rings. The number of rotatable bonds is 6. The van der Waals surface area contributed by atoms with Crippen LogP contribution in [0.4, 0.5) is 5.69 Å². The number of likely N-dealkylation sites (tertiary alicyclic amines) is 1. The summed E-state index contributed by atoms with van der Waals surface area (Å²) in [7, 11) is 1.88. The summed E-state index contributed by atoms with van der Waals surface area (Å²) in [5.74, 6) is 1.84. The second-order valence-electron chi connectivity index (χ2n) is 7.91. The Morgan fingerprint density at radius 1 is 1.04 bits per heavy atom. The quantitative estimate of drug-likeness (QED) is 0.596. The molecule has 0 saturated carbocycles. The lowest BCUT2D eigenvalue weighted by Gasteiger charge is -2.34. The fourth-order valence-electron chi connectivity index (χ4n) is 4.29. The number of nitrogens with one attached hydrogen (secondary N) is 2. The van der Waals surface area contributed by atoms with Gasteiger partial charge in [-0.1, -0.05) is 25.1 Å². The van der Waals surface area contributed by atoms with Crippen molar-refractivity contribution in [3.63, 3.8) is 0 Å². The number of hydrogen-bond donors (Lipinski definition) is 2. The lowest BCUT2D eigenvalue weighted by molar-refractivity contribution is 0.187. The van der Waals surface area contributed by atoms with Gasteiger partial charge in [-0.25, -0.2) is 0 Å². The zero-order valence-corrected chi connectivity index (χ0v) is 17.2. The van der Waals surface area contributed by atoms with Crippen molar-refractivity contribution in [1.29, 1.82) is 0 Å². The third kappa shape index (κ3) is 6.13. The van der Waals surface area contributed by atoms with E-state index >= 15 is 0 Å². The maximum Gasteiger partial charge on any atom is 0.191 e. The number of nitrogens with zero attached hydrogens (tertiary/aromatic N) is 3. The average Bonchev–Trinajstić information content (AvgIpc) is 2.74. The minimum atomic E-state index is 0.518. The monoisotopic (exact) mass is 371 g/mol. The molecule has 1 aromatic rings. The van der Waals surface area contributed by atoms with Gasteiger partial charge in [0.15, 0.2) is 5.96 Å². The molecule has 0 aliphatic carbocycles. The Morgan fingerprint density at radius 3 is 2.37 bits per heavy atom. The molecule has 5 heteroatoms. The summed E-state index contributed by atoms with van der Waals surface area (Å²) in [6, 6.07) is 11.3. The molecule has 0 unspecified atom stereocenters. The maximum absolute atomic E-state index is 4.44. The molecule has 2 aliphatic heterocycles. The smallest absolute Gasteiger partial charge is 0.191 e. The number of aliphatic imine (C=N–C) groups is 1. The van der Waals surface area contributed by atoms with Crippen molar-refractivity contribution in [3.8, 4) is 0 Å². The van der Waals surface area contributed by atoms with Crippen LogP contribution in [0.1, 0.15) is 39.0 Å². The Hall–Kier alpha value is -1.75. The van der Waals surface area contributed by atoms with Crippen LogP contribution in [0.5, 0.6) is 0 Å². The standard InChI is InChI=1S/C22H37N5/c1-3-26-15-10-19(11-16-26)9-14-24-22(23-2)25-20-12-17-27(18-13-20)21-7-5-4-6-8-21/h4-8,19-20H,3,9-18H2,1-2H3,(H2,23,24,25). The highest BCUT2D eigenvalue weighted by molar-refractivity contribution is 5.79. The molecule has 0 radical (unpaired) electrons. The summed E-state index contributed by atoms with van der Waals surface area (Å²) in [6.07, 6.45) is 6.26. The van der Waals surface area contributed by atoms with Gasteiger partial charge in [-0.2, -0.15) is 0 Å². The van der Waals surface area contributed by atoms with E-state index in [0.29, 0.717) is 6.04 Å². The van der Waals surface area contributed by atoms with Crippen LogP contribution in [0.15, 0.2) is 35.3 Å². The number of piperidine rings is 2. The van der Waals surface area contributed by atoms with Crippen LogP contribution >= 0.6 is 0 Å². The van der Waals surface area contributed by atoms with E-state index in [1.807, 2.05) is 7.05 Å². The summed E-state index contributed by atoms with van der Waals surface area (Å²) in [4.78, 5) is 9.48. The first-order chi connectivity index (χ1) is 13.3. The summed E-state index contributed by atoms with van der Waals surface area (Å²) in [5.41, 5.74) is 1.34. The zero-order valence-electron chi connectivity index (χ0n) is 17.2. The first-order valence-electron chi connectivity index (χ1n) is 10.8. The van der Waals surface area contributed by atoms with Crippen molar-refractivity contribution >= 4 is 11.6 Å². The van der Waals surface area contributed by atoms with Crippen molar-refractivity contribution in [2.75, 3.05) is 51.2 Å². The normalized spacial score (nSPS) is 20.7. The van der Waals surface area contributed by atoms with E-state index in [-0.39, 0.29) is 0 Å². The number of guanidine groups is 1. The molecule has 27 heavy (non-hydrogen) atoms. The fourth-order valence-corrected chi connectivity index (χ4v) is 4.29. The van der Waals surface area contributed by atoms with Gasteiger partial charge in [0, 0.05) is 38.4 Å². The molecule has 0 spiro atoms. The molecule has 2 N–H and O–H groups in total. The van der Waals surface area contributed by atoms with Gasteiger partial charge in [0.2, 0.25) is 0 Å². The molecule has 3 rings (SSSR count).